The quantitative estimate of drug-likeness (QED) is 0.831. The highest BCUT2D eigenvalue weighted by atomic mass is 19.4. The van der Waals surface area contributed by atoms with Crippen molar-refractivity contribution in [3.63, 3.8) is 0 Å². The Kier molecular flexibility index (Phi) is 5.91. The molecule has 0 bridgehead atoms. The van der Waals surface area contributed by atoms with Crippen molar-refractivity contribution in [2.45, 2.75) is 38.9 Å². The Balaban J connectivity index is 1.94. The van der Waals surface area contributed by atoms with Crippen molar-refractivity contribution in [2.24, 2.45) is 5.92 Å². The molecule has 1 heterocycles. The molecule has 24 heavy (non-hydrogen) atoms. The monoisotopic (exact) mass is 342 g/mol. The Morgan fingerprint density at radius 3 is 2.54 bits per heavy atom. The van der Waals surface area contributed by atoms with E-state index in [4.69, 9.17) is 0 Å². The van der Waals surface area contributed by atoms with Gasteiger partial charge in [-0.05, 0) is 39.3 Å². The topological polar surface area (TPSA) is 23.6 Å². The number of hydrogen-bond acceptors (Lipinski definition) is 2. The van der Waals surface area contributed by atoms with Crippen LogP contribution in [0.1, 0.15) is 36.9 Å². The highest BCUT2D eigenvalue weighted by Gasteiger charge is 2.42. The summed E-state index contributed by atoms with van der Waals surface area (Å²) < 4.78 is 38.6. The Morgan fingerprint density at radius 1 is 1.33 bits per heavy atom. The molecule has 1 aliphatic heterocycles. The van der Waals surface area contributed by atoms with Crippen molar-refractivity contribution in [1.82, 2.24) is 9.80 Å². The minimum atomic E-state index is -4.22. The van der Waals surface area contributed by atoms with Crippen molar-refractivity contribution in [2.75, 3.05) is 26.7 Å². The van der Waals surface area contributed by atoms with E-state index >= 15 is 0 Å². The summed E-state index contributed by atoms with van der Waals surface area (Å²) in [6, 6.07) is 8.08. The number of likely N-dealkylation sites (tertiary alicyclic amines) is 1. The van der Waals surface area contributed by atoms with Crippen LogP contribution in [0.15, 0.2) is 24.3 Å². The summed E-state index contributed by atoms with van der Waals surface area (Å²) in [6.45, 7) is 4.33. The maximum Gasteiger partial charge on any atom is 0.393 e. The fourth-order valence-corrected chi connectivity index (χ4v) is 3.02. The van der Waals surface area contributed by atoms with Crippen molar-refractivity contribution in [3.05, 3.63) is 35.4 Å². The van der Waals surface area contributed by atoms with Crippen LogP contribution in [-0.4, -0.2) is 48.6 Å². The summed E-state index contributed by atoms with van der Waals surface area (Å²) in [5, 5.41) is 0. The smallest absolute Gasteiger partial charge is 0.341 e. The molecular weight excluding hydrogens is 317 g/mol. The molecule has 2 rings (SSSR count). The first kappa shape index (κ1) is 18.8. The van der Waals surface area contributed by atoms with E-state index in [0.29, 0.717) is 13.0 Å². The molecule has 1 aromatic rings. The summed E-state index contributed by atoms with van der Waals surface area (Å²) in [5.41, 5.74) is 2.25. The molecule has 0 saturated carbocycles. The number of benzene rings is 1. The van der Waals surface area contributed by atoms with Crippen LogP contribution in [0.25, 0.3) is 0 Å². The number of halogens is 3. The van der Waals surface area contributed by atoms with Crippen LogP contribution in [0, 0.1) is 12.8 Å². The first-order chi connectivity index (χ1) is 11.2. The van der Waals surface area contributed by atoms with Gasteiger partial charge in [0.1, 0.15) is 0 Å². The van der Waals surface area contributed by atoms with Gasteiger partial charge in [0.05, 0.1) is 12.5 Å². The molecule has 0 aromatic heterocycles. The Morgan fingerprint density at radius 2 is 1.96 bits per heavy atom. The van der Waals surface area contributed by atoms with E-state index in [1.807, 2.05) is 50.1 Å². The van der Waals surface area contributed by atoms with Crippen molar-refractivity contribution < 1.29 is 18.0 Å². The van der Waals surface area contributed by atoms with Gasteiger partial charge in [-0.15, -0.1) is 0 Å². The van der Waals surface area contributed by atoms with Crippen LogP contribution in [-0.2, 0) is 4.79 Å². The van der Waals surface area contributed by atoms with E-state index in [0.717, 1.165) is 11.1 Å². The first-order valence-electron chi connectivity index (χ1n) is 8.29. The Hall–Kier alpha value is -1.56. The lowest BCUT2D eigenvalue weighted by Gasteiger charge is -2.35. The molecule has 0 aliphatic carbocycles. The number of likely N-dealkylation sites (N-methyl/N-ethyl adjacent to an activating group) is 1. The highest BCUT2D eigenvalue weighted by Crippen LogP contribution is 2.33. The molecule has 0 spiro atoms. The van der Waals surface area contributed by atoms with Crippen molar-refractivity contribution >= 4 is 5.91 Å². The normalized spacial score (nSPS) is 20.3. The Bertz CT molecular complexity index is 556. The van der Waals surface area contributed by atoms with Crippen LogP contribution in [0.2, 0.25) is 0 Å². The molecule has 0 N–H and O–H groups in total. The molecule has 1 amide bonds. The fraction of sp³-hybridized carbons (Fsp3) is 0.611. The summed E-state index contributed by atoms with van der Waals surface area (Å²) >= 11 is 0. The van der Waals surface area contributed by atoms with E-state index < -0.39 is 12.1 Å². The van der Waals surface area contributed by atoms with E-state index in [-0.39, 0.29) is 31.5 Å². The molecule has 1 aliphatic rings. The molecule has 2 atom stereocenters. The van der Waals surface area contributed by atoms with Crippen LogP contribution >= 0.6 is 0 Å². The number of carbonyl (C=O) groups is 1. The minimum Gasteiger partial charge on any atom is -0.341 e. The SMILES string of the molecule is Cc1ccc(C(C)N(C)CC(=O)N2CCCC(C(F)(F)F)C2)cc1. The second-order valence-corrected chi connectivity index (χ2v) is 6.72. The minimum absolute atomic E-state index is 0.0257. The van der Waals surface area contributed by atoms with Gasteiger partial charge in [0.25, 0.3) is 0 Å². The maximum absolute atomic E-state index is 12.9. The largest absolute Gasteiger partial charge is 0.393 e. The second kappa shape index (κ2) is 7.55. The fourth-order valence-electron chi connectivity index (χ4n) is 3.02. The van der Waals surface area contributed by atoms with E-state index in [9.17, 15) is 18.0 Å². The van der Waals surface area contributed by atoms with Crippen LogP contribution in [0.3, 0.4) is 0 Å². The molecular formula is C18H25F3N2O. The lowest BCUT2D eigenvalue weighted by Crippen LogP contribution is -2.47. The van der Waals surface area contributed by atoms with Gasteiger partial charge >= 0.3 is 6.18 Å². The third kappa shape index (κ3) is 4.72. The zero-order valence-corrected chi connectivity index (χ0v) is 14.4. The number of carbonyl (C=O) groups excluding carboxylic acids is 1. The van der Waals surface area contributed by atoms with Crippen molar-refractivity contribution in [1.29, 1.82) is 0 Å². The second-order valence-electron chi connectivity index (χ2n) is 6.72. The van der Waals surface area contributed by atoms with E-state index in [1.165, 1.54) is 4.90 Å². The number of amides is 1. The third-order valence-corrected chi connectivity index (χ3v) is 4.84. The number of piperidine rings is 1. The van der Waals surface area contributed by atoms with E-state index in [2.05, 4.69) is 0 Å². The average Bonchev–Trinajstić information content (AvgIpc) is 2.54. The molecule has 1 aromatic carbocycles. The van der Waals surface area contributed by atoms with Gasteiger partial charge in [-0.25, -0.2) is 0 Å². The lowest BCUT2D eigenvalue weighted by atomic mass is 9.97. The molecule has 6 heteroatoms. The first-order valence-corrected chi connectivity index (χ1v) is 8.29. The van der Waals surface area contributed by atoms with Gasteiger partial charge in [0.2, 0.25) is 5.91 Å². The van der Waals surface area contributed by atoms with Gasteiger partial charge in [-0.1, -0.05) is 29.8 Å². The standard InChI is InChI=1S/C18H25F3N2O/c1-13-6-8-15(9-7-13)14(2)22(3)12-17(24)23-10-4-5-16(11-23)18(19,20)21/h6-9,14,16H,4-5,10-12H2,1-3H3. The number of aryl methyl sites for hydroxylation is 1. The van der Waals surface area contributed by atoms with Gasteiger partial charge < -0.3 is 4.90 Å². The van der Waals surface area contributed by atoms with Crippen LogP contribution < -0.4 is 0 Å². The number of rotatable bonds is 4. The van der Waals surface area contributed by atoms with E-state index in [1.54, 1.807) is 0 Å². The maximum atomic E-state index is 12.9. The molecule has 134 valence electrons. The number of alkyl halides is 3. The van der Waals surface area contributed by atoms with Gasteiger partial charge in [-0.3, -0.25) is 9.69 Å². The van der Waals surface area contributed by atoms with Crippen LogP contribution in [0.5, 0.6) is 0 Å². The number of nitrogens with zero attached hydrogens (tertiary/aromatic N) is 2. The average molecular weight is 342 g/mol. The molecule has 0 radical (unpaired) electrons. The summed E-state index contributed by atoms with van der Waals surface area (Å²) in [6.07, 6.45) is -3.70. The summed E-state index contributed by atoms with van der Waals surface area (Å²) in [4.78, 5) is 15.6. The Labute approximate surface area is 141 Å². The summed E-state index contributed by atoms with van der Waals surface area (Å²) in [5.74, 6) is -1.62. The van der Waals surface area contributed by atoms with Gasteiger partial charge in [0, 0.05) is 19.1 Å². The molecule has 1 saturated heterocycles. The molecule has 1 fully saturated rings. The zero-order chi connectivity index (χ0) is 17.9. The highest BCUT2D eigenvalue weighted by molar-refractivity contribution is 5.78. The predicted molar refractivity (Wildman–Crippen MR) is 87.6 cm³/mol. The lowest BCUT2D eigenvalue weighted by molar-refractivity contribution is -0.188. The summed E-state index contributed by atoms with van der Waals surface area (Å²) in [7, 11) is 1.83. The van der Waals surface area contributed by atoms with Gasteiger partial charge in [0.15, 0.2) is 0 Å². The molecule has 2 unspecified atom stereocenters. The van der Waals surface area contributed by atoms with Crippen LogP contribution in [0.4, 0.5) is 13.2 Å². The van der Waals surface area contributed by atoms with Crippen molar-refractivity contribution in [3.8, 4) is 0 Å². The molecule has 3 nitrogen and oxygen atoms in total. The third-order valence-electron chi connectivity index (χ3n) is 4.84. The van der Waals surface area contributed by atoms with Gasteiger partial charge in [-0.2, -0.15) is 13.2 Å². The predicted octanol–water partition coefficient (Wildman–Crippen LogP) is 3.79. The number of hydrogen-bond donors (Lipinski definition) is 0. The zero-order valence-electron chi connectivity index (χ0n) is 14.4.